The maximum absolute atomic E-state index is 13.9. The number of nitrogens with one attached hydrogen (secondary N) is 1. The highest BCUT2D eigenvalue weighted by Gasteiger charge is 2.48. The smallest absolute Gasteiger partial charge is 0.274 e. The van der Waals surface area contributed by atoms with Gasteiger partial charge in [-0.1, -0.05) is 48.6 Å². The first kappa shape index (κ1) is 23.2. The molecule has 1 saturated heterocycles. The van der Waals surface area contributed by atoms with Crippen LogP contribution in [-0.4, -0.2) is 50.2 Å². The number of amides is 2. The lowest BCUT2D eigenvalue weighted by atomic mass is 9.93. The Morgan fingerprint density at radius 3 is 2.81 bits per heavy atom. The van der Waals surface area contributed by atoms with Crippen molar-refractivity contribution in [2.75, 3.05) is 18.8 Å². The van der Waals surface area contributed by atoms with Crippen molar-refractivity contribution in [2.24, 2.45) is 17.8 Å². The van der Waals surface area contributed by atoms with Crippen LogP contribution >= 0.6 is 22.7 Å². The van der Waals surface area contributed by atoms with E-state index in [1.807, 2.05) is 58.1 Å². The van der Waals surface area contributed by atoms with Gasteiger partial charge in [0.1, 0.15) is 11.4 Å². The molecule has 3 aromatic heterocycles. The van der Waals surface area contributed by atoms with Crippen molar-refractivity contribution < 1.29 is 9.59 Å². The van der Waals surface area contributed by atoms with Gasteiger partial charge in [-0.05, 0) is 43.1 Å². The molecule has 186 valence electrons. The van der Waals surface area contributed by atoms with Gasteiger partial charge in [0.15, 0.2) is 10.1 Å². The number of carbonyl (C=O) groups is 2. The second kappa shape index (κ2) is 9.01. The number of nitrogens with two attached hydrogens (primary N) is 1. The lowest BCUT2D eigenvalue weighted by Gasteiger charge is -2.28. The second-order valence-electron chi connectivity index (χ2n) is 9.93. The monoisotopic (exact) mass is 520 g/mol. The summed E-state index contributed by atoms with van der Waals surface area (Å²) in [6.07, 6.45) is 4.02. The molecule has 4 heterocycles. The fourth-order valence-electron chi connectivity index (χ4n) is 6.09. The van der Waals surface area contributed by atoms with Crippen LogP contribution in [0.4, 0.5) is 5.13 Å². The van der Waals surface area contributed by atoms with Gasteiger partial charge in [-0.15, -0.1) is 11.3 Å². The summed E-state index contributed by atoms with van der Waals surface area (Å²) in [4.78, 5) is 39.7. The van der Waals surface area contributed by atoms with Crippen LogP contribution in [0.1, 0.15) is 46.4 Å². The van der Waals surface area contributed by atoms with E-state index in [-0.39, 0.29) is 17.9 Å². The molecule has 3 N–H and O–H groups in total. The Balaban J connectivity index is 1.28. The largest absolute Gasteiger partial charge is 0.375 e. The van der Waals surface area contributed by atoms with Gasteiger partial charge in [0.25, 0.3) is 11.8 Å². The van der Waals surface area contributed by atoms with Gasteiger partial charge in [0, 0.05) is 24.7 Å². The lowest BCUT2D eigenvalue weighted by Crippen LogP contribution is -2.46. The maximum atomic E-state index is 13.9. The van der Waals surface area contributed by atoms with Gasteiger partial charge in [-0.2, -0.15) is 0 Å². The SMILES string of the molecule is Cc1nc2sccn2c1C(=O)NC[C@@H]1[C@H]2CC(C)C[C@H]2CN1C(=O)c1nc(N)sc1-c1ccccc1. The van der Waals surface area contributed by atoms with Crippen molar-refractivity contribution in [3.63, 3.8) is 0 Å². The summed E-state index contributed by atoms with van der Waals surface area (Å²) < 4.78 is 1.83. The highest BCUT2D eigenvalue weighted by atomic mass is 32.1. The zero-order chi connectivity index (χ0) is 25.0. The summed E-state index contributed by atoms with van der Waals surface area (Å²) in [6.45, 7) is 5.21. The molecule has 10 heteroatoms. The molecule has 1 saturated carbocycles. The van der Waals surface area contributed by atoms with E-state index in [1.54, 1.807) is 0 Å². The summed E-state index contributed by atoms with van der Waals surface area (Å²) >= 11 is 2.84. The number of aromatic nitrogens is 3. The van der Waals surface area contributed by atoms with Crippen LogP contribution in [0.3, 0.4) is 0 Å². The van der Waals surface area contributed by atoms with Crippen LogP contribution in [0.15, 0.2) is 41.9 Å². The van der Waals surface area contributed by atoms with E-state index in [1.165, 1.54) is 22.7 Å². The minimum Gasteiger partial charge on any atom is -0.375 e. The predicted molar refractivity (Wildman–Crippen MR) is 142 cm³/mol. The first-order chi connectivity index (χ1) is 17.4. The number of benzene rings is 1. The highest BCUT2D eigenvalue weighted by Crippen LogP contribution is 2.46. The molecule has 0 radical (unpaired) electrons. The Labute approximate surface area is 217 Å². The van der Waals surface area contributed by atoms with Crippen molar-refractivity contribution in [1.82, 2.24) is 24.6 Å². The average Bonchev–Trinajstić information content (AvgIpc) is 3.65. The van der Waals surface area contributed by atoms with Gasteiger partial charge in [0.05, 0.1) is 16.6 Å². The van der Waals surface area contributed by atoms with E-state index < -0.39 is 0 Å². The molecule has 1 aromatic carbocycles. The van der Waals surface area contributed by atoms with Crippen molar-refractivity contribution >= 4 is 44.6 Å². The summed E-state index contributed by atoms with van der Waals surface area (Å²) in [6, 6.07) is 9.70. The number of carbonyl (C=O) groups excluding carboxylic acids is 2. The van der Waals surface area contributed by atoms with Crippen LogP contribution in [0, 0.1) is 24.7 Å². The standard InChI is InChI=1S/C26H28N6O2S2/c1-14-10-17-13-32(24(34)20-22(36-25(27)30-20)16-6-4-3-5-7-16)19(18(17)11-14)12-28-23(33)21-15(2)29-26-31(21)8-9-35-26/h3-9,14,17-19H,10-13H2,1-2H3,(H2,27,30)(H,28,33)/t14?,17-,18-,19+/m0/s1. The minimum atomic E-state index is -0.164. The predicted octanol–water partition coefficient (Wildman–Crippen LogP) is 4.33. The number of anilines is 1. The van der Waals surface area contributed by atoms with Crippen molar-refractivity contribution in [2.45, 2.75) is 32.7 Å². The second-order valence-corrected chi connectivity index (χ2v) is 11.8. The molecule has 1 aliphatic carbocycles. The molecule has 4 aromatic rings. The molecule has 1 aliphatic heterocycles. The highest BCUT2D eigenvalue weighted by molar-refractivity contribution is 7.19. The number of rotatable bonds is 5. The van der Waals surface area contributed by atoms with Crippen LogP contribution in [0.2, 0.25) is 0 Å². The Kier molecular flexibility index (Phi) is 5.80. The van der Waals surface area contributed by atoms with E-state index in [0.29, 0.717) is 53.1 Å². The molecule has 0 bridgehead atoms. The van der Waals surface area contributed by atoms with Crippen molar-refractivity contribution in [3.05, 3.63) is 59.0 Å². The molecule has 36 heavy (non-hydrogen) atoms. The number of imidazole rings is 1. The normalized spacial score (nSPS) is 23.3. The average molecular weight is 521 g/mol. The Bertz CT molecular complexity index is 1440. The van der Waals surface area contributed by atoms with Gasteiger partial charge < -0.3 is 16.0 Å². The molecule has 1 unspecified atom stereocenters. The number of hydrogen-bond donors (Lipinski definition) is 2. The number of fused-ring (bicyclic) bond motifs is 2. The third-order valence-corrected chi connectivity index (χ3v) is 9.27. The molecule has 0 spiro atoms. The molecule has 2 aliphatic rings. The third-order valence-electron chi connectivity index (χ3n) is 7.58. The zero-order valence-electron chi connectivity index (χ0n) is 20.2. The fourth-order valence-corrected chi connectivity index (χ4v) is 7.68. The first-order valence-electron chi connectivity index (χ1n) is 12.2. The van der Waals surface area contributed by atoms with Gasteiger partial charge in [0.2, 0.25) is 0 Å². The third kappa shape index (κ3) is 3.88. The molecular formula is C26H28N6O2S2. The summed E-state index contributed by atoms with van der Waals surface area (Å²) in [5.74, 6) is 1.13. The number of nitrogen functional groups attached to an aromatic ring is 1. The lowest BCUT2D eigenvalue weighted by molar-refractivity contribution is 0.0692. The van der Waals surface area contributed by atoms with E-state index in [2.05, 4.69) is 22.2 Å². The van der Waals surface area contributed by atoms with Crippen LogP contribution in [-0.2, 0) is 0 Å². The summed E-state index contributed by atoms with van der Waals surface area (Å²) in [5, 5.41) is 5.44. The Morgan fingerprint density at radius 2 is 2.00 bits per heavy atom. The molecule has 4 atom stereocenters. The van der Waals surface area contributed by atoms with Gasteiger partial charge >= 0.3 is 0 Å². The molecule has 2 fully saturated rings. The molecule has 8 nitrogen and oxygen atoms in total. The number of aryl methyl sites for hydroxylation is 1. The quantitative estimate of drug-likeness (QED) is 0.408. The van der Waals surface area contributed by atoms with E-state index in [9.17, 15) is 9.59 Å². The van der Waals surface area contributed by atoms with Crippen molar-refractivity contribution in [1.29, 1.82) is 0 Å². The summed E-state index contributed by atoms with van der Waals surface area (Å²) in [7, 11) is 0. The minimum absolute atomic E-state index is 0.0888. The zero-order valence-corrected chi connectivity index (χ0v) is 21.8. The molecular weight excluding hydrogens is 492 g/mol. The van der Waals surface area contributed by atoms with Crippen LogP contribution < -0.4 is 11.1 Å². The topological polar surface area (TPSA) is 106 Å². The Morgan fingerprint density at radius 1 is 1.19 bits per heavy atom. The van der Waals surface area contributed by atoms with Crippen LogP contribution in [0.5, 0.6) is 0 Å². The maximum Gasteiger partial charge on any atom is 0.274 e. The number of likely N-dealkylation sites (tertiary alicyclic amines) is 1. The number of thiazole rings is 2. The molecule has 2 amide bonds. The Hall–Kier alpha value is -3.24. The number of hydrogen-bond acceptors (Lipinski definition) is 7. The van der Waals surface area contributed by atoms with E-state index >= 15 is 0 Å². The van der Waals surface area contributed by atoms with Gasteiger partial charge in [-0.3, -0.25) is 14.0 Å². The fraction of sp³-hybridized carbons (Fsp3) is 0.385. The van der Waals surface area contributed by atoms with Gasteiger partial charge in [-0.25, -0.2) is 9.97 Å². The van der Waals surface area contributed by atoms with E-state index in [0.717, 1.165) is 28.2 Å². The van der Waals surface area contributed by atoms with Crippen LogP contribution in [0.25, 0.3) is 15.4 Å². The van der Waals surface area contributed by atoms with Crippen molar-refractivity contribution in [3.8, 4) is 10.4 Å². The first-order valence-corrected chi connectivity index (χ1v) is 13.9. The van der Waals surface area contributed by atoms with E-state index in [4.69, 9.17) is 5.73 Å². The number of nitrogens with zero attached hydrogens (tertiary/aromatic N) is 4. The molecule has 6 rings (SSSR count). The summed E-state index contributed by atoms with van der Waals surface area (Å²) in [5.41, 5.74) is 8.67.